The minimum atomic E-state index is -1.15. The first-order valence-electron chi connectivity index (χ1n) is 11.1. The predicted molar refractivity (Wildman–Crippen MR) is 130 cm³/mol. The molecule has 0 aromatic heterocycles. The van der Waals surface area contributed by atoms with E-state index in [2.05, 4.69) is 26.6 Å². The van der Waals surface area contributed by atoms with Crippen molar-refractivity contribution in [1.82, 2.24) is 15.5 Å². The van der Waals surface area contributed by atoms with Gasteiger partial charge in [0.2, 0.25) is 5.91 Å². The number of nitrogens with one attached hydrogen (secondary N) is 2. The van der Waals surface area contributed by atoms with Crippen LogP contribution >= 0.6 is 15.9 Å². The Morgan fingerprint density at radius 1 is 1.00 bits per heavy atom. The van der Waals surface area contributed by atoms with Gasteiger partial charge in [-0.3, -0.25) is 29.4 Å². The first-order chi connectivity index (χ1) is 16.2. The molecule has 2 unspecified atom stereocenters. The summed E-state index contributed by atoms with van der Waals surface area (Å²) in [6.45, 7) is 4.16. The van der Waals surface area contributed by atoms with Crippen LogP contribution in [0, 0.1) is 5.92 Å². The lowest BCUT2D eigenvalue weighted by Gasteiger charge is -2.25. The number of nitrogens with zero attached hydrogens (tertiary/aromatic N) is 1. The zero-order valence-corrected chi connectivity index (χ0v) is 20.7. The molecule has 0 bridgehead atoms. The van der Waals surface area contributed by atoms with Crippen molar-refractivity contribution in [1.29, 1.82) is 0 Å². The number of fused-ring (bicyclic) bond motifs is 1. The average Bonchev–Trinajstić information content (AvgIpc) is 3.03. The molecule has 0 saturated carbocycles. The normalized spacial score (nSPS) is 14.8. The first kappa shape index (κ1) is 25.6. The number of halogens is 1. The number of rotatable bonds is 11. The van der Waals surface area contributed by atoms with Gasteiger partial charge < -0.3 is 10.4 Å². The van der Waals surface area contributed by atoms with Gasteiger partial charge >= 0.3 is 5.97 Å². The molecule has 9 heteroatoms. The number of carbonyl (C=O) groups is 4. The van der Waals surface area contributed by atoms with Crippen LogP contribution in [0.2, 0.25) is 0 Å². The van der Waals surface area contributed by atoms with E-state index >= 15 is 0 Å². The first-order valence-corrected chi connectivity index (χ1v) is 11.9. The third-order valence-corrected chi connectivity index (χ3v) is 6.10. The number of hydrogen-bond donors (Lipinski definition) is 3. The Bertz CT molecular complexity index is 1070. The summed E-state index contributed by atoms with van der Waals surface area (Å²) in [7, 11) is 0. The van der Waals surface area contributed by atoms with E-state index in [9.17, 15) is 24.3 Å². The van der Waals surface area contributed by atoms with Crippen molar-refractivity contribution < 1.29 is 24.3 Å². The van der Waals surface area contributed by atoms with Crippen molar-refractivity contribution in [3.8, 4) is 0 Å². The van der Waals surface area contributed by atoms with Crippen molar-refractivity contribution in [2.45, 2.75) is 45.3 Å². The van der Waals surface area contributed by atoms with Gasteiger partial charge in [-0.1, -0.05) is 60.1 Å². The molecule has 2 aromatic rings. The van der Waals surface area contributed by atoms with Crippen LogP contribution in [0.3, 0.4) is 0 Å². The number of imide groups is 1. The summed E-state index contributed by atoms with van der Waals surface area (Å²) in [5.74, 6) is -2.21. The maximum absolute atomic E-state index is 12.9. The second kappa shape index (κ2) is 11.4. The van der Waals surface area contributed by atoms with Crippen molar-refractivity contribution in [3.05, 3.63) is 69.7 Å². The Morgan fingerprint density at radius 3 is 2.32 bits per heavy atom. The molecule has 2 atom stereocenters. The van der Waals surface area contributed by atoms with E-state index in [1.807, 2.05) is 44.2 Å². The van der Waals surface area contributed by atoms with Gasteiger partial charge in [0.05, 0.1) is 17.2 Å². The molecule has 0 fully saturated rings. The van der Waals surface area contributed by atoms with E-state index in [0.29, 0.717) is 23.0 Å². The molecule has 0 saturated heterocycles. The third-order valence-electron chi connectivity index (χ3n) is 5.61. The SMILES string of the molecule is CC(C)CC(NC(CCN1C(=O)c2ccc(Br)cc2C1=O)C(=O)O)C(=O)NCc1ccccc1. The molecule has 0 aliphatic carbocycles. The van der Waals surface area contributed by atoms with Crippen LogP contribution in [-0.4, -0.2) is 52.3 Å². The summed E-state index contributed by atoms with van der Waals surface area (Å²) in [5.41, 5.74) is 1.52. The Labute approximate surface area is 206 Å². The maximum Gasteiger partial charge on any atom is 0.320 e. The Hall–Kier alpha value is -3.04. The highest BCUT2D eigenvalue weighted by Crippen LogP contribution is 2.26. The summed E-state index contributed by atoms with van der Waals surface area (Å²) in [6, 6.07) is 12.4. The molecular weight excluding hydrogens is 502 g/mol. The van der Waals surface area contributed by atoms with Crippen LogP contribution in [0.4, 0.5) is 0 Å². The number of amides is 3. The topological polar surface area (TPSA) is 116 Å². The molecule has 3 rings (SSSR count). The van der Waals surface area contributed by atoms with Crippen LogP contribution in [0.1, 0.15) is 53.0 Å². The number of carboxylic acids is 1. The molecule has 34 heavy (non-hydrogen) atoms. The third kappa shape index (κ3) is 6.30. The van der Waals surface area contributed by atoms with E-state index in [1.165, 1.54) is 0 Å². The molecule has 1 aliphatic heterocycles. The highest BCUT2D eigenvalue weighted by Gasteiger charge is 2.36. The van der Waals surface area contributed by atoms with E-state index < -0.39 is 29.9 Å². The second-order valence-corrected chi connectivity index (χ2v) is 9.60. The highest BCUT2D eigenvalue weighted by molar-refractivity contribution is 9.10. The van der Waals surface area contributed by atoms with Crippen LogP contribution in [0.25, 0.3) is 0 Å². The van der Waals surface area contributed by atoms with E-state index in [4.69, 9.17) is 0 Å². The molecular formula is C25H28BrN3O5. The lowest BCUT2D eigenvalue weighted by molar-refractivity contribution is -0.140. The Balaban J connectivity index is 1.65. The fourth-order valence-corrected chi connectivity index (χ4v) is 4.24. The molecule has 3 amide bonds. The van der Waals surface area contributed by atoms with E-state index in [-0.39, 0.29) is 30.4 Å². The molecule has 1 aliphatic rings. The molecule has 1 heterocycles. The van der Waals surface area contributed by atoms with Gasteiger partial charge in [-0.15, -0.1) is 0 Å². The van der Waals surface area contributed by atoms with Gasteiger partial charge in [0.15, 0.2) is 0 Å². The predicted octanol–water partition coefficient (Wildman–Crippen LogP) is 3.21. The largest absolute Gasteiger partial charge is 0.480 e. The summed E-state index contributed by atoms with van der Waals surface area (Å²) < 4.78 is 0.678. The van der Waals surface area contributed by atoms with Crippen molar-refractivity contribution in [2.24, 2.45) is 5.92 Å². The standard InChI is InChI=1S/C25H28BrN3O5/c1-15(2)12-21(22(30)27-14-16-6-4-3-5-7-16)28-20(25(33)34)10-11-29-23(31)18-9-8-17(26)13-19(18)24(29)32/h3-9,13,15,20-21,28H,10-12,14H2,1-2H3,(H,27,30)(H,33,34). The Morgan fingerprint density at radius 2 is 1.68 bits per heavy atom. The molecule has 2 aromatic carbocycles. The molecule has 3 N–H and O–H groups in total. The van der Waals surface area contributed by atoms with Crippen LogP contribution < -0.4 is 10.6 Å². The fraction of sp³-hybridized carbons (Fsp3) is 0.360. The molecule has 8 nitrogen and oxygen atoms in total. The van der Waals surface area contributed by atoms with Crippen LogP contribution in [0.5, 0.6) is 0 Å². The minimum Gasteiger partial charge on any atom is -0.480 e. The minimum absolute atomic E-state index is 0.0253. The second-order valence-electron chi connectivity index (χ2n) is 8.68. The van der Waals surface area contributed by atoms with Crippen molar-refractivity contribution in [2.75, 3.05) is 6.54 Å². The average molecular weight is 530 g/mol. The zero-order valence-electron chi connectivity index (χ0n) is 19.1. The smallest absolute Gasteiger partial charge is 0.320 e. The number of carbonyl (C=O) groups excluding carboxylic acids is 3. The van der Waals surface area contributed by atoms with Gasteiger partial charge in [0.1, 0.15) is 6.04 Å². The molecule has 180 valence electrons. The van der Waals surface area contributed by atoms with Gasteiger partial charge in [-0.05, 0) is 42.5 Å². The summed E-state index contributed by atoms with van der Waals surface area (Å²) >= 11 is 3.29. The van der Waals surface area contributed by atoms with Crippen LogP contribution in [-0.2, 0) is 16.1 Å². The fourth-order valence-electron chi connectivity index (χ4n) is 3.88. The van der Waals surface area contributed by atoms with E-state index in [0.717, 1.165) is 10.5 Å². The number of aliphatic carboxylic acids is 1. The number of carboxylic acid groups (broad SMARTS) is 1. The van der Waals surface area contributed by atoms with Crippen LogP contribution in [0.15, 0.2) is 53.0 Å². The summed E-state index contributed by atoms with van der Waals surface area (Å²) in [6.07, 6.45) is 0.411. The van der Waals surface area contributed by atoms with Gasteiger partial charge in [0, 0.05) is 17.6 Å². The lowest BCUT2D eigenvalue weighted by atomic mass is 10.0. The zero-order chi connectivity index (χ0) is 24.8. The lowest BCUT2D eigenvalue weighted by Crippen LogP contribution is -2.52. The highest BCUT2D eigenvalue weighted by atomic mass is 79.9. The molecule has 0 spiro atoms. The van der Waals surface area contributed by atoms with Gasteiger partial charge in [0.25, 0.3) is 11.8 Å². The number of hydrogen-bond acceptors (Lipinski definition) is 5. The van der Waals surface area contributed by atoms with Crippen molar-refractivity contribution in [3.63, 3.8) is 0 Å². The Kier molecular flexibility index (Phi) is 8.57. The van der Waals surface area contributed by atoms with Gasteiger partial charge in [-0.2, -0.15) is 0 Å². The van der Waals surface area contributed by atoms with E-state index in [1.54, 1.807) is 18.2 Å². The monoisotopic (exact) mass is 529 g/mol. The van der Waals surface area contributed by atoms with Gasteiger partial charge in [-0.25, -0.2) is 0 Å². The number of benzene rings is 2. The maximum atomic E-state index is 12.9. The van der Waals surface area contributed by atoms with Crippen molar-refractivity contribution >= 4 is 39.6 Å². The molecule has 0 radical (unpaired) electrons. The summed E-state index contributed by atoms with van der Waals surface area (Å²) in [5, 5.41) is 15.6. The quantitative estimate of drug-likeness (QED) is 0.385. The summed E-state index contributed by atoms with van der Waals surface area (Å²) in [4.78, 5) is 51.2.